The molecular formula is C38H41N3O9. The van der Waals surface area contributed by atoms with Gasteiger partial charge in [0.25, 0.3) is 0 Å². The quantitative estimate of drug-likeness (QED) is 0.112. The van der Waals surface area contributed by atoms with Crippen molar-refractivity contribution in [1.82, 2.24) is 16.0 Å². The molecule has 4 N–H and O–H groups in total. The molecule has 12 heteroatoms. The van der Waals surface area contributed by atoms with Crippen molar-refractivity contribution in [2.24, 2.45) is 0 Å². The maximum absolute atomic E-state index is 13.4. The zero-order valence-corrected chi connectivity index (χ0v) is 27.7. The van der Waals surface area contributed by atoms with Gasteiger partial charge in [0.2, 0.25) is 11.8 Å². The van der Waals surface area contributed by atoms with Crippen LogP contribution < -0.4 is 25.4 Å². The van der Waals surface area contributed by atoms with Gasteiger partial charge in [-0.15, -0.1) is 0 Å². The van der Waals surface area contributed by atoms with Gasteiger partial charge in [-0.05, 0) is 34.4 Å². The summed E-state index contributed by atoms with van der Waals surface area (Å²) in [6.45, 7) is 0.381. The Morgan fingerprint density at radius 2 is 1.20 bits per heavy atom. The Kier molecular flexibility index (Phi) is 14.6. The van der Waals surface area contributed by atoms with Crippen LogP contribution in [0.15, 0.2) is 109 Å². The fraction of sp³-hybridized carbons (Fsp3) is 0.263. The largest absolute Gasteiger partial charge is 0.485 e. The summed E-state index contributed by atoms with van der Waals surface area (Å²) in [5.74, 6) is -0.906. The van der Waals surface area contributed by atoms with Crippen LogP contribution in [0.25, 0.3) is 0 Å². The number of nitrogens with one attached hydrogen (secondary N) is 3. The average Bonchev–Trinajstić information content (AvgIpc) is 3.15. The maximum Gasteiger partial charge on any atom is 0.408 e. The third-order valence-electron chi connectivity index (χ3n) is 7.40. The number of benzene rings is 4. The molecule has 3 amide bonds. The van der Waals surface area contributed by atoms with E-state index in [4.69, 9.17) is 14.2 Å². The van der Waals surface area contributed by atoms with Gasteiger partial charge in [0, 0.05) is 19.5 Å². The Balaban J connectivity index is 1.49. The molecule has 0 unspecified atom stereocenters. The fourth-order valence-corrected chi connectivity index (χ4v) is 4.69. The van der Waals surface area contributed by atoms with Crippen molar-refractivity contribution in [2.45, 2.75) is 44.8 Å². The molecule has 50 heavy (non-hydrogen) atoms. The van der Waals surface area contributed by atoms with Gasteiger partial charge in [0.1, 0.15) is 32.0 Å². The minimum atomic E-state index is -1.56. The third-order valence-corrected chi connectivity index (χ3v) is 7.40. The molecule has 0 saturated carbocycles. The third kappa shape index (κ3) is 12.3. The normalized spacial score (nSPS) is 11.7. The Bertz CT molecular complexity index is 1670. The number of aliphatic hydroxyl groups is 1. The van der Waals surface area contributed by atoms with Gasteiger partial charge in [0.15, 0.2) is 11.5 Å². The number of aliphatic hydroxyl groups excluding tert-OH is 1. The van der Waals surface area contributed by atoms with E-state index < -0.39 is 36.0 Å². The van der Waals surface area contributed by atoms with Crippen LogP contribution in [-0.2, 0) is 43.7 Å². The van der Waals surface area contributed by atoms with Gasteiger partial charge in [-0.3, -0.25) is 14.4 Å². The van der Waals surface area contributed by atoms with E-state index >= 15 is 0 Å². The van der Waals surface area contributed by atoms with E-state index in [9.17, 15) is 24.3 Å². The molecule has 0 aromatic heterocycles. The predicted octanol–water partition coefficient (Wildman–Crippen LogP) is 4.36. The highest BCUT2D eigenvalue weighted by molar-refractivity contribution is 5.87. The summed E-state index contributed by atoms with van der Waals surface area (Å²) in [5, 5.41) is 19.2. The van der Waals surface area contributed by atoms with Crippen LogP contribution in [0.4, 0.5) is 4.79 Å². The van der Waals surface area contributed by atoms with Crippen molar-refractivity contribution in [3.05, 3.63) is 131 Å². The lowest BCUT2D eigenvalue weighted by atomic mass is 10.0. The molecule has 4 rings (SSSR count). The Labute approximate surface area is 290 Å². The average molecular weight is 684 g/mol. The number of rotatable bonds is 18. The molecule has 2 atom stereocenters. The molecular weight excluding hydrogens is 642 g/mol. The first-order valence-corrected chi connectivity index (χ1v) is 16.1. The second-order valence-corrected chi connectivity index (χ2v) is 11.1. The van der Waals surface area contributed by atoms with Crippen LogP contribution in [0.2, 0.25) is 0 Å². The number of carbonyl (C=O) groups is 4. The van der Waals surface area contributed by atoms with Crippen LogP contribution in [0, 0.1) is 0 Å². The number of ether oxygens (including phenoxy) is 4. The molecule has 0 aliphatic rings. The summed E-state index contributed by atoms with van der Waals surface area (Å²) in [5.41, 5.74) is 2.83. The van der Waals surface area contributed by atoms with Gasteiger partial charge in [-0.2, -0.15) is 0 Å². The van der Waals surface area contributed by atoms with Crippen LogP contribution >= 0.6 is 0 Å². The molecule has 0 radical (unpaired) electrons. The monoisotopic (exact) mass is 683 g/mol. The number of amides is 3. The van der Waals surface area contributed by atoms with Gasteiger partial charge in [0.05, 0.1) is 13.5 Å². The van der Waals surface area contributed by atoms with Crippen molar-refractivity contribution in [3.8, 4) is 11.5 Å². The van der Waals surface area contributed by atoms with E-state index in [1.165, 1.54) is 7.11 Å². The lowest BCUT2D eigenvalue weighted by Gasteiger charge is -2.24. The van der Waals surface area contributed by atoms with E-state index in [2.05, 4.69) is 20.7 Å². The number of methoxy groups -OCH3 is 1. The molecule has 0 fully saturated rings. The first-order chi connectivity index (χ1) is 24.3. The summed E-state index contributed by atoms with van der Waals surface area (Å²) in [7, 11) is 1.25. The van der Waals surface area contributed by atoms with E-state index in [0.717, 1.165) is 16.7 Å². The van der Waals surface area contributed by atoms with Crippen molar-refractivity contribution >= 4 is 23.9 Å². The van der Waals surface area contributed by atoms with Gasteiger partial charge in [-0.1, -0.05) is 97.1 Å². The van der Waals surface area contributed by atoms with Crippen molar-refractivity contribution < 1.29 is 43.2 Å². The molecule has 262 valence electrons. The summed E-state index contributed by atoms with van der Waals surface area (Å²) in [6.07, 6.45) is -2.60. The smallest absolute Gasteiger partial charge is 0.408 e. The van der Waals surface area contributed by atoms with Crippen LogP contribution in [0.5, 0.6) is 11.5 Å². The second-order valence-electron chi connectivity index (χ2n) is 11.1. The molecule has 0 aliphatic carbocycles. The Morgan fingerprint density at radius 3 is 1.78 bits per heavy atom. The molecule has 0 aliphatic heterocycles. The van der Waals surface area contributed by atoms with Gasteiger partial charge < -0.3 is 40.0 Å². The zero-order chi connectivity index (χ0) is 35.6. The summed E-state index contributed by atoms with van der Waals surface area (Å²) in [4.78, 5) is 49.8. The number of esters is 1. The maximum atomic E-state index is 13.4. The number of alkyl carbamates (subject to hydrolysis) is 1. The summed E-state index contributed by atoms with van der Waals surface area (Å²) < 4.78 is 22.1. The highest BCUT2D eigenvalue weighted by Gasteiger charge is 2.31. The molecule has 4 aromatic rings. The topological polar surface area (TPSA) is 162 Å². The Morgan fingerprint density at radius 1 is 0.660 bits per heavy atom. The highest BCUT2D eigenvalue weighted by atomic mass is 16.5. The Hall–Kier alpha value is -5.88. The molecule has 0 heterocycles. The van der Waals surface area contributed by atoms with E-state index in [-0.39, 0.29) is 51.3 Å². The standard InChI is InChI=1S/C38H41N3O9/c1-47-34(43)20-22-39-33(42)19-21-40-37(45)35(41-38(46)50-26-29-15-9-4-10-16-29)36(44)30-17-18-31(48-24-27-11-5-2-6-12-27)32(23-30)49-25-28-13-7-3-8-14-28/h2-18,23,35-36,44H,19-22,24-26H2,1H3,(H,39,42)(H,40,45)(H,41,46)/t35-,36+/m0/s1. The van der Waals surface area contributed by atoms with E-state index in [0.29, 0.717) is 11.5 Å². The zero-order valence-electron chi connectivity index (χ0n) is 27.7. The number of carbonyl (C=O) groups excluding carboxylic acids is 4. The van der Waals surface area contributed by atoms with E-state index in [1.54, 1.807) is 42.5 Å². The minimum Gasteiger partial charge on any atom is -0.485 e. The van der Waals surface area contributed by atoms with Crippen molar-refractivity contribution in [3.63, 3.8) is 0 Å². The van der Waals surface area contributed by atoms with E-state index in [1.807, 2.05) is 66.7 Å². The summed E-state index contributed by atoms with van der Waals surface area (Å²) in [6, 6.07) is 31.3. The van der Waals surface area contributed by atoms with Crippen LogP contribution in [0.3, 0.4) is 0 Å². The highest BCUT2D eigenvalue weighted by Crippen LogP contribution is 2.33. The second kappa shape index (κ2) is 19.8. The summed E-state index contributed by atoms with van der Waals surface area (Å²) >= 11 is 0. The van der Waals surface area contributed by atoms with Gasteiger partial charge in [-0.25, -0.2) is 4.79 Å². The fourth-order valence-electron chi connectivity index (χ4n) is 4.69. The van der Waals surface area contributed by atoms with Gasteiger partial charge >= 0.3 is 12.1 Å². The molecule has 0 spiro atoms. The molecule has 0 bridgehead atoms. The van der Waals surface area contributed by atoms with Crippen molar-refractivity contribution in [1.29, 1.82) is 0 Å². The predicted molar refractivity (Wildman–Crippen MR) is 184 cm³/mol. The number of hydrogen-bond donors (Lipinski definition) is 4. The lowest BCUT2D eigenvalue weighted by molar-refractivity contribution is -0.140. The van der Waals surface area contributed by atoms with Crippen LogP contribution in [0.1, 0.15) is 41.2 Å². The molecule has 0 saturated heterocycles. The first kappa shape index (κ1) is 36.9. The van der Waals surface area contributed by atoms with Crippen LogP contribution in [-0.4, -0.2) is 55.2 Å². The number of hydrogen-bond acceptors (Lipinski definition) is 9. The lowest BCUT2D eigenvalue weighted by Crippen LogP contribution is -2.50. The molecule has 12 nitrogen and oxygen atoms in total. The van der Waals surface area contributed by atoms with Crippen molar-refractivity contribution in [2.75, 3.05) is 20.2 Å². The first-order valence-electron chi connectivity index (χ1n) is 16.1. The molecule has 4 aromatic carbocycles. The minimum absolute atomic E-state index is 0.00498. The SMILES string of the molecule is COC(=O)CCNC(=O)CCNC(=O)[C@@H](NC(=O)OCc1ccccc1)[C@H](O)c1ccc(OCc2ccccc2)c(OCc2ccccc2)c1.